The van der Waals surface area contributed by atoms with Gasteiger partial charge in [0.05, 0.1) is 17.4 Å². The second-order valence-electron chi connectivity index (χ2n) is 3.59. The fraction of sp³-hybridized carbons (Fsp3) is 0. The van der Waals surface area contributed by atoms with Crippen LogP contribution in [0.2, 0.25) is 0 Å². The highest BCUT2D eigenvalue weighted by Gasteiger charge is 2.01. The van der Waals surface area contributed by atoms with Gasteiger partial charge in [-0.1, -0.05) is 6.07 Å². The van der Waals surface area contributed by atoms with E-state index in [0.29, 0.717) is 0 Å². The summed E-state index contributed by atoms with van der Waals surface area (Å²) >= 11 is 0. The quantitative estimate of drug-likeness (QED) is 0.724. The molecule has 0 radical (unpaired) electrons. The lowest BCUT2D eigenvalue weighted by atomic mass is 10.2. The van der Waals surface area contributed by atoms with Crippen LogP contribution in [0, 0.1) is 0 Å². The van der Waals surface area contributed by atoms with Crippen LogP contribution in [0.4, 0.5) is 11.5 Å². The van der Waals surface area contributed by atoms with E-state index in [1.807, 2.05) is 30.3 Å². The minimum atomic E-state index is 0.816. The smallest absolute Gasteiger partial charge is 0.130 e. The lowest BCUT2D eigenvalue weighted by Gasteiger charge is -2.07. The topological polar surface area (TPSA) is 50.7 Å². The number of nitrogens with one attached hydrogen (secondary N) is 1. The van der Waals surface area contributed by atoms with Crippen molar-refractivity contribution in [1.82, 2.24) is 15.0 Å². The number of pyridine rings is 3. The lowest BCUT2D eigenvalue weighted by Crippen LogP contribution is -1.94. The molecule has 0 unspecified atom stereocenters. The first-order valence-electron chi connectivity index (χ1n) is 5.30. The molecule has 4 nitrogen and oxygen atoms in total. The average Bonchev–Trinajstić information content (AvgIpc) is 2.40. The van der Waals surface area contributed by atoms with Gasteiger partial charge in [0, 0.05) is 24.0 Å². The van der Waals surface area contributed by atoms with Crippen LogP contribution >= 0.6 is 0 Å². The Labute approximate surface area is 98.4 Å². The summed E-state index contributed by atoms with van der Waals surface area (Å²) in [5.41, 5.74) is 1.85. The number of hydrogen-bond acceptors (Lipinski definition) is 4. The van der Waals surface area contributed by atoms with Crippen LogP contribution in [-0.2, 0) is 0 Å². The number of aromatic nitrogens is 3. The van der Waals surface area contributed by atoms with Crippen molar-refractivity contribution < 1.29 is 0 Å². The summed E-state index contributed by atoms with van der Waals surface area (Å²) in [5.74, 6) is 0.816. The maximum absolute atomic E-state index is 4.26. The summed E-state index contributed by atoms with van der Waals surface area (Å²) in [7, 11) is 0. The first kappa shape index (κ1) is 9.72. The molecule has 0 atom stereocenters. The third kappa shape index (κ3) is 1.92. The van der Waals surface area contributed by atoms with Crippen LogP contribution in [0.3, 0.4) is 0 Å². The Bertz CT molecular complexity index is 632. The van der Waals surface area contributed by atoms with Crippen LogP contribution in [0.5, 0.6) is 0 Å². The van der Waals surface area contributed by atoms with E-state index < -0.39 is 0 Å². The first-order chi connectivity index (χ1) is 8.43. The van der Waals surface area contributed by atoms with Crippen molar-refractivity contribution in [2.45, 2.75) is 0 Å². The van der Waals surface area contributed by atoms with Crippen LogP contribution in [0.1, 0.15) is 0 Å². The number of anilines is 2. The fourth-order valence-corrected chi connectivity index (χ4v) is 1.68. The molecular formula is C13H10N4. The lowest BCUT2D eigenvalue weighted by molar-refractivity contribution is 1.29. The summed E-state index contributed by atoms with van der Waals surface area (Å²) in [6.07, 6.45) is 7.02. The van der Waals surface area contributed by atoms with Gasteiger partial charge in [0.15, 0.2) is 0 Å². The van der Waals surface area contributed by atoms with Crippen molar-refractivity contribution in [1.29, 1.82) is 0 Å². The zero-order chi connectivity index (χ0) is 11.5. The molecule has 4 heteroatoms. The zero-order valence-electron chi connectivity index (χ0n) is 9.04. The van der Waals surface area contributed by atoms with Gasteiger partial charge in [-0.2, -0.15) is 0 Å². The molecule has 0 saturated heterocycles. The van der Waals surface area contributed by atoms with Gasteiger partial charge in [-0.15, -0.1) is 0 Å². The Morgan fingerprint density at radius 2 is 1.88 bits per heavy atom. The van der Waals surface area contributed by atoms with Gasteiger partial charge >= 0.3 is 0 Å². The van der Waals surface area contributed by atoms with Gasteiger partial charge in [0.1, 0.15) is 5.82 Å². The van der Waals surface area contributed by atoms with E-state index in [-0.39, 0.29) is 0 Å². The molecule has 0 fully saturated rings. The summed E-state index contributed by atoms with van der Waals surface area (Å²) in [6, 6.07) is 9.62. The minimum absolute atomic E-state index is 0.816. The first-order valence-corrected chi connectivity index (χ1v) is 5.30. The second-order valence-corrected chi connectivity index (χ2v) is 3.59. The zero-order valence-corrected chi connectivity index (χ0v) is 9.04. The molecule has 82 valence electrons. The van der Waals surface area contributed by atoms with Crippen LogP contribution < -0.4 is 5.32 Å². The summed E-state index contributed by atoms with van der Waals surface area (Å²) in [4.78, 5) is 12.5. The molecule has 0 aliphatic carbocycles. The maximum Gasteiger partial charge on any atom is 0.130 e. The molecule has 1 N–H and O–H groups in total. The summed E-state index contributed by atoms with van der Waals surface area (Å²) in [5, 5.41) is 4.30. The van der Waals surface area contributed by atoms with E-state index in [2.05, 4.69) is 20.3 Å². The molecule has 0 saturated carbocycles. The Balaban J connectivity index is 2.06. The van der Waals surface area contributed by atoms with Crippen LogP contribution in [-0.4, -0.2) is 15.0 Å². The molecule has 0 aromatic carbocycles. The van der Waals surface area contributed by atoms with Gasteiger partial charge in [-0.05, 0) is 24.3 Å². The molecular weight excluding hydrogens is 212 g/mol. The predicted octanol–water partition coefficient (Wildman–Crippen LogP) is 2.77. The van der Waals surface area contributed by atoms with Gasteiger partial charge in [-0.25, -0.2) is 4.98 Å². The maximum atomic E-state index is 4.26. The van der Waals surface area contributed by atoms with Crippen molar-refractivity contribution in [2.75, 3.05) is 5.32 Å². The standard InChI is InChI=1S/C13H10N4/c1-2-6-16-13(3-1)17-11-5-8-15-12-9-14-7-4-10(11)12/h1-9H,(H,15,16,17). The van der Waals surface area contributed by atoms with Gasteiger partial charge < -0.3 is 5.32 Å². The van der Waals surface area contributed by atoms with Crippen molar-refractivity contribution in [3.05, 3.63) is 55.1 Å². The number of hydrogen-bond donors (Lipinski definition) is 1. The fourth-order valence-electron chi connectivity index (χ4n) is 1.68. The van der Waals surface area contributed by atoms with E-state index in [1.54, 1.807) is 24.8 Å². The second kappa shape index (κ2) is 4.17. The Kier molecular flexibility index (Phi) is 2.38. The molecule has 0 spiro atoms. The monoisotopic (exact) mass is 222 g/mol. The molecule has 0 aliphatic rings. The minimum Gasteiger partial charge on any atom is -0.340 e. The van der Waals surface area contributed by atoms with E-state index >= 15 is 0 Å². The number of rotatable bonds is 2. The van der Waals surface area contributed by atoms with Crippen LogP contribution in [0.15, 0.2) is 55.1 Å². The van der Waals surface area contributed by atoms with E-state index in [0.717, 1.165) is 22.4 Å². The Hall–Kier alpha value is -2.49. The molecule has 17 heavy (non-hydrogen) atoms. The molecule has 0 aliphatic heterocycles. The van der Waals surface area contributed by atoms with Gasteiger partial charge in [0.25, 0.3) is 0 Å². The van der Waals surface area contributed by atoms with Gasteiger partial charge in [-0.3, -0.25) is 9.97 Å². The van der Waals surface area contributed by atoms with E-state index in [9.17, 15) is 0 Å². The summed E-state index contributed by atoms with van der Waals surface area (Å²) in [6.45, 7) is 0. The summed E-state index contributed by atoms with van der Waals surface area (Å²) < 4.78 is 0. The van der Waals surface area contributed by atoms with Crippen molar-refractivity contribution in [3.63, 3.8) is 0 Å². The molecule has 3 heterocycles. The van der Waals surface area contributed by atoms with E-state index in [4.69, 9.17) is 0 Å². The predicted molar refractivity (Wildman–Crippen MR) is 67.1 cm³/mol. The van der Waals surface area contributed by atoms with Crippen molar-refractivity contribution in [2.24, 2.45) is 0 Å². The van der Waals surface area contributed by atoms with Crippen molar-refractivity contribution >= 4 is 22.4 Å². The average molecular weight is 222 g/mol. The van der Waals surface area contributed by atoms with Crippen LogP contribution in [0.25, 0.3) is 10.9 Å². The normalized spacial score (nSPS) is 10.4. The SMILES string of the molecule is c1ccc(Nc2ccnc3cnccc23)nc1. The van der Waals surface area contributed by atoms with Gasteiger partial charge in [0.2, 0.25) is 0 Å². The number of fused-ring (bicyclic) bond motifs is 1. The Morgan fingerprint density at radius 1 is 0.882 bits per heavy atom. The Morgan fingerprint density at radius 3 is 2.76 bits per heavy atom. The third-order valence-corrected chi connectivity index (χ3v) is 2.47. The molecule has 0 bridgehead atoms. The molecule has 3 aromatic rings. The molecule has 3 rings (SSSR count). The number of nitrogens with zero attached hydrogens (tertiary/aromatic N) is 3. The van der Waals surface area contributed by atoms with Crippen molar-refractivity contribution in [3.8, 4) is 0 Å². The molecule has 3 aromatic heterocycles. The molecule has 0 amide bonds. The third-order valence-electron chi connectivity index (χ3n) is 2.47. The highest BCUT2D eigenvalue weighted by atomic mass is 15.0. The highest BCUT2D eigenvalue weighted by molar-refractivity contribution is 5.91. The largest absolute Gasteiger partial charge is 0.340 e. The highest BCUT2D eigenvalue weighted by Crippen LogP contribution is 2.22. The van der Waals surface area contributed by atoms with E-state index in [1.165, 1.54) is 0 Å².